The number of ether oxygens (including phenoxy) is 1. The Labute approximate surface area is 108 Å². The van der Waals surface area contributed by atoms with E-state index in [4.69, 9.17) is 10.3 Å². The standard InChI is InChI=1S/C8H12IN3O3S/c9-6-3-5(7-4-15-7)1-2-8(6)16(13,14)12-11-10/h5-8H,1-4H2. The van der Waals surface area contributed by atoms with Crippen LogP contribution in [0.4, 0.5) is 0 Å². The predicted octanol–water partition coefficient (Wildman–Crippen LogP) is 2.00. The van der Waals surface area contributed by atoms with Gasteiger partial charge in [0, 0.05) is 13.4 Å². The number of epoxide rings is 1. The fourth-order valence-corrected chi connectivity index (χ4v) is 5.50. The summed E-state index contributed by atoms with van der Waals surface area (Å²) < 4.78 is 31.4. The van der Waals surface area contributed by atoms with Gasteiger partial charge in [-0.05, 0) is 30.7 Å². The molecule has 90 valence electrons. The van der Waals surface area contributed by atoms with E-state index in [2.05, 4.69) is 32.0 Å². The number of sulfonamides is 1. The molecule has 2 aliphatic rings. The first-order valence-electron chi connectivity index (χ1n) is 5.10. The molecule has 1 saturated heterocycles. The van der Waals surface area contributed by atoms with E-state index >= 15 is 0 Å². The molecule has 1 heterocycles. The van der Waals surface area contributed by atoms with E-state index in [1.807, 2.05) is 0 Å². The molecule has 1 aliphatic carbocycles. The summed E-state index contributed by atoms with van der Waals surface area (Å²) in [5.74, 6) is 0.472. The van der Waals surface area contributed by atoms with E-state index in [9.17, 15) is 8.42 Å². The van der Waals surface area contributed by atoms with Crippen LogP contribution in [0.15, 0.2) is 4.52 Å². The summed E-state index contributed by atoms with van der Waals surface area (Å²) in [5, 5.41) is -0.529. The number of hydrogen-bond donors (Lipinski definition) is 0. The molecule has 1 saturated carbocycles. The first kappa shape index (κ1) is 12.4. The molecule has 6 nitrogen and oxygen atoms in total. The summed E-state index contributed by atoms with van der Waals surface area (Å²) in [6, 6.07) is 0. The Morgan fingerprint density at radius 1 is 1.44 bits per heavy atom. The molecule has 0 spiro atoms. The molecule has 0 aromatic heterocycles. The fourth-order valence-electron chi connectivity index (χ4n) is 2.23. The number of hydrogen-bond acceptors (Lipinski definition) is 3. The first-order valence-corrected chi connectivity index (χ1v) is 7.85. The highest BCUT2D eigenvalue weighted by Crippen LogP contribution is 2.39. The SMILES string of the molecule is [N-]=[N+]=NS(=O)(=O)C1CCC(C2CO2)CC1I. The highest BCUT2D eigenvalue weighted by molar-refractivity contribution is 14.1. The van der Waals surface area contributed by atoms with Crippen LogP contribution in [-0.4, -0.2) is 30.3 Å². The Hall–Kier alpha value is -0.0500. The summed E-state index contributed by atoms with van der Waals surface area (Å²) in [7, 11) is -3.65. The summed E-state index contributed by atoms with van der Waals surface area (Å²) in [4.78, 5) is 2.39. The lowest BCUT2D eigenvalue weighted by Gasteiger charge is -2.30. The maximum absolute atomic E-state index is 11.6. The molecule has 0 aromatic carbocycles. The van der Waals surface area contributed by atoms with Crippen molar-refractivity contribution in [2.45, 2.75) is 34.5 Å². The van der Waals surface area contributed by atoms with Gasteiger partial charge >= 0.3 is 0 Å². The third kappa shape index (κ3) is 2.61. The minimum atomic E-state index is -3.65. The molecule has 2 fully saturated rings. The molecule has 4 unspecified atom stereocenters. The van der Waals surface area contributed by atoms with E-state index < -0.39 is 15.3 Å². The van der Waals surface area contributed by atoms with Crippen LogP contribution in [0.3, 0.4) is 0 Å². The van der Waals surface area contributed by atoms with E-state index in [1.54, 1.807) is 0 Å². The molecular formula is C8H12IN3O3S. The van der Waals surface area contributed by atoms with Crippen molar-refractivity contribution in [1.82, 2.24) is 0 Å². The van der Waals surface area contributed by atoms with Crippen molar-refractivity contribution in [1.29, 1.82) is 0 Å². The summed E-state index contributed by atoms with van der Waals surface area (Å²) in [6.07, 6.45) is 2.57. The van der Waals surface area contributed by atoms with Crippen LogP contribution in [-0.2, 0) is 14.8 Å². The quantitative estimate of drug-likeness (QED) is 0.193. The van der Waals surface area contributed by atoms with Crippen molar-refractivity contribution in [2.75, 3.05) is 6.61 Å². The Morgan fingerprint density at radius 3 is 2.62 bits per heavy atom. The Morgan fingerprint density at radius 2 is 2.12 bits per heavy atom. The first-order chi connectivity index (χ1) is 7.54. The molecule has 0 N–H and O–H groups in total. The average molecular weight is 357 g/mol. The van der Waals surface area contributed by atoms with Crippen LogP contribution in [0.5, 0.6) is 0 Å². The second-order valence-corrected chi connectivity index (χ2v) is 7.58. The van der Waals surface area contributed by atoms with Gasteiger partial charge in [-0.2, -0.15) is 0 Å². The van der Waals surface area contributed by atoms with Crippen LogP contribution in [0, 0.1) is 5.92 Å². The van der Waals surface area contributed by atoms with Crippen LogP contribution in [0.2, 0.25) is 0 Å². The minimum Gasteiger partial charge on any atom is -0.373 e. The molecule has 8 heteroatoms. The van der Waals surface area contributed by atoms with Crippen LogP contribution >= 0.6 is 22.6 Å². The Balaban J connectivity index is 2.05. The van der Waals surface area contributed by atoms with Crippen molar-refractivity contribution in [3.63, 3.8) is 0 Å². The van der Waals surface area contributed by atoms with Crippen molar-refractivity contribution < 1.29 is 13.2 Å². The van der Waals surface area contributed by atoms with Crippen molar-refractivity contribution >= 4 is 32.6 Å². The molecule has 0 radical (unpaired) electrons. The second kappa shape index (κ2) is 4.67. The zero-order valence-electron chi connectivity index (χ0n) is 8.49. The lowest BCUT2D eigenvalue weighted by Crippen LogP contribution is -2.36. The van der Waals surface area contributed by atoms with E-state index in [0.717, 1.165) is 19.4 Å². The van der Waals surface area contributed by atoms with Crippen molar-refractivity contribution in [2.24, 2.45) is 10.4 Å². The van der Waals surface area contributed by atoms with Gasteiger partial charge < -0.3 is 4.74 Å². The smallest absolute Gasteiger partial charge is 0.239 e. The normalized spacial score (nSPS) is 38.8. The van der Waals surface area contributed by atoms with Gasteiger partial charge in [-0.15, -0.1) is 0 Å². The summed E-state index contributed by atoms with van der Waals surface area (Å²) in [6.45, 7) is 0.807. The molecule has 0 amide bonds. The van der Waals surface area contributed by atoms with Crippen molar-refractivity contribution in [3.8, 4) is 0 Å². The third-order valence-corrected chi connectivity index (χ3v) is 6.67. The van der Waals surface area contributed by atoms with Gasteiger partial charge in [0.1, 0.15) is 0 Å². The number of alkyl halides is 1. The monoisotopic (exact) mass is 357 g/mol. The number of azide groups is 1. The van der Waals surface area contributed by atoms with Gasteiger partial charge in [0.05, 0.1) is 18.0 Å². The van der Waals surface area contributed by atoms with E-state index in [1.165, 1.54) is 0 Å². The number of halogens is 1. The van der Waals surface area contributed by atoms with Crippen LogP contribution in [0.25, 0.3) is 10.4 Å². The molecule has 0 aromatic rings. The number of nitrogens with zero attached hydrogens (tertiary/aromatic N) is 3. The third-order valence-electron chi connectivity index (χ3n) is 3.17. The van der Waals surface area contributed by atoms with Crippen LogP contribution in [0.1, 0.15) is 19.3 Å². The minimum absolute atomic E-state index is 0.0102. The summed E-state index contributed by atoms with van der Waals surface area (Å²) in [5.41, 5.74) is 8.23. The van der Waals surface area contributed by atoms with Gasteiger partial charge in [-0.25, -0.2) is 8.42 Å². The maximum atomic E-state index is 11.6. The molecular weight excluding hydrogens is 345 g/mol. The zero-order chi connectivity index (χ0) is 11.8. The lowest BCUT2D eigenvalue weighted by molar-refractivity contribution is 0.274. The Bertz CT molecular complexity index is 416. The topological polar surface area (TPSA) is 95.4 Å². The van der Waals surface area contributed by atoms with Crippen LogP contribution < -0.4 is 0 Å². The predicted molar refractivity (Wildman–Crippen MR) is 66.7 cm³/mol. The second-order valence-electron chi connectivity index (χ2n) is 4.19. The highest BCUT2D eigenvalue weighted by atomic mass is 127. The highest BCUT2D eigenvalue weighted by Gasteiger charge is 2.42. The van der Waals surface area contributed by atoms with Gasteiger partial charge in [-0.3, -0.25) is 0 Å². The molecule has 0 bridgehead atoms. The van der Waals surface area contributed by atoms with Crippen molar-refractivity contribution in [3.05, 3.63) is 10.4 Å². The fraction of sp³-hybridized carbons (Fsp3) is 1.00. The van der Waals surface area contributed by atoms with Gasteiger partial charge in [0.25, 0.3) is 0 Å². The lowest BCUT2D eigenvalue weighted by atomic mass is 9.87. The van der Waals surface area contributed by atoms with Gasteiger partial charge in [0.2, 0.25) is 10.0 Å². The molecule has 4 atom stereocenters. The average Bonchev–Trinajstić information content (AvgIpc) is 2.99. The molecule has 16 heavy (non-hydrogen) atoms. The maximum Gasteiger partial charge on any atom is 0.239 e. The summed E-state index contributed by atoms with van der Waals surface area (Å²) >= 11 is 2.14. The molecule has 2 rings (SSSR count). The number of rotatable bonds is 3. The van der Waals surface area contributed by atoms with Gasteiger partial charge in [-0.1, -0.05) is 22.6 Å². The Kier molecular flexibility index (Phi) is 3.62. The zero-order valence-corrected chi connectivity index (χ0v) is 11.5. The van der Waals surface area contributed by atoms with Gasteiger partial charge in [0.15, 0.2) is 0 Å². The van der Waals surface area contributed by atoms with E-state index in [0.29, 0.717) is 18.4 Å². The van der Waals surface area contributed by atoms with E-state index in [-0.39, 0.29) is 3.92 Å². The molecule has 1 aliphatic heterocycles. The largest absolute Gasteiger partial charge is 0.373 e.